The number of rotatable bonds is 6. The molecular weight excluding hydrogens is 254 g/mol. The van der Waals surface area contributed by atoms with E-state index >= 15 is 0 Å². The molecule has 1 aliphatic rings. The molecule has 1 amide bonds. The van der Waals surface area contributed by atoms with E-state index in [0.29, 0.717) is 0 Å². The van der Waals surface area contributed by atoms with E-state index in [4.69, 9.17) is 10.2 Å². The first-order valence-electron chi connectivity index (χ1n) is 5.89. The van der Waals surface area contributed by atoms with Crippen LogP contribution < -0.4 is 10.6 Å². The third kappa shape index (κ3) is 3.06. The number of carboxylic acid groups (broad SMARTS) is 1. The molecule has 0 aliphatic carbocycles. The lowest BCUT2D eigenvalue weighted by atomic mass is 10.2. The highest BCUT2D eigenvalue weighted by atomic mass is 16.4. The summed E-state index contributed by atoms with van der Waals surface area (Å²) in [5, 5.41) is 30.5. The first kappa shape index (κ1) is 13.4. The van der Waals surface area contributed by atoms with Gasteiger partial charge >= 0.3 is 5.97 Å². The number of nitrogens with one attached hydrogen (secondary N) is 2. The molecule has 0 unspecified atom stereocenters. The summed E-state index contributed by atoms with van der Waals surface area (Å²) in [5.41, 5.74) is 0.0658. The quantitative estimate of drug-likeness (QED) is 0.469. The molecule has 0 saturated carbocycles. The van der Waals surface area contributed by atoms with Gasteiger partial charge in [0, 0.05) is 26.1 Å². The molecule has 0 spiro atoms. The van der Waals surface area contributed by atoms with E-state index in [2.05, 4.69) is 20.9 Å². The Bertz CT molecular complexity index is 470. The fraction of sp³-hybridized carbons (Fsp3) is 0.600. The third-order valence-electron chi connectivity index (χ3n) is 2.90. The molecule has 1 aromatic rings. The fourth-order valence-electron chi connectivity index (χ4n) is 1.64. The number of hydrogen-bond donors (Lipinski definition) is 4. The van der Waals surface area contributed by atoms with Crippen LogP contribution in [0.4, 0.5) is 0 Å². The summed E-state index contributed by atoms with van der Waals surface area (Å²) in [7, 11) is 0. The monoisotopic (exact) mass is 269 g/mol. The summed E-state index contributed by atoms with van der Waals surface area (Å²) in [5.74, 6) is -1.81. The molecule has 1 saturated heterocycles. The molecule has 0 radical (unpaired) electrons. The molecule has 1 aromatic heterocycles. The van der Waals surface area contributed by atoms with E-state index in [1.807, 2.05) is 0 Å². The van der Waals surface area contributed by atoms with Crippen molar-refractivity contribution in [2.45, 2.75) is 18.5 Å². The average molecular weight is 269 g/mol. The number of carbonyl (C=O) groups is 2. The van der Waals surface area contributed by atoms with Crippen LogP contribution in [0, 0.1) is 0 Å². The van der Waals surface area contributed by atoms with Crippen LogP contribution in [0.3, 0.4) is 0 Å². The summed E-state index contributed by atoms with van der Waals surface area (Å²) in [6.45, 7) is 1.22. The Morgan fingerprint density at radius 2 is 2.32 bits per heavy atom. The molecule has 4 N–H and O–H groups in total. The van der Waals surface area contributed by atoms with Crippen LogP contribution in [-0.4, -0.2) is 62.8 Å². The minimum atomic E-state index is -1.20. The van der Waals surface area contributed by atoms with Crippen molar-refractivity contribution in [3.63, 3.8) is 0 Å². The van der Waals surface area contributed by atoms with Crippen molar-refractivity contribution in [3.05, 3.63) is 11.9 Å². The molecule has 19 heavy (non-hydrogen) atoms. The fourth-order valence-corrected chi connectivity index (χ4v) is 1.64. The van der Waals surface area contributed by atoms with Crippen molar-refractivity contribution in [1.82, 2.24) is 25.6 Å². The van der Waals surface area contributed by atoms with Crippen LogP contribution in [0.1, 0.15) is 23.0 Å². The average Bonchev–Trinajstić information content (AvgIpc) is 2.75. The summed E-state index contributed by atoms with van der Waals surface area (Å²) >= 11 is 0. The Kier molecular flexibility index (Phi) is 4.07. The second kappa shape index (κ2) is 5.76. The van der Waals surface area contributed by atoms with E-state index in [0.717, 1.165) is 13.1 Å². The van der Waals surface area contributed by atoms with Crippen LogP contribution in [0.15, 0.2) is 6.20 Å². The normalized spacial score (nSPS) is 16.7. The molecule has 1 fully saturated rings. The van der Waals surface area contributed by atoms with Crippen LogP contribution in [0.5, 0.6) is 0 Å². The Morgan fingerprint density at radius 1 is 1.58 bits per heavy atom. The maximum absolute atomic E-state index is 11.8. The second-order valence-electron chi connectivity index (χ2n) is 4.27. The van der Waals surface area contributed by atoms with Gasteiger partial charge in [-0.2, -0.15) is 0 Å². The van der Waals surface area contributed by atoms with Gasteiger partial charge in [-0.05, 0) is 0 Å². The first-order valence-corrected chi connectivity index (χ1v) is 5.89. The smallest absolute Gasteiger partial charge is 0.326 e. The Morgan fingerprint density at radius 3 is 2.84 bits per heavy atom. The predicted octanol–water partition coefficient (Wildman–Crippen LogP) is -2.01. The minimum Gasteiger partial charge on any atom is -0.480 e. The van der Waals surface area contributed by atoms with Gasteiger partial charge in [-0.1, -0.05) is 5.21 Å². The molecule has 0 bridgehead atoms. The van der Waals surface area contributed by atoms with Gasteiger partial charge in [0.05, 0.1) is 12.2 Å². The number of carbonyl (C=O) groups excluding carboxylic acids is 1. The van der Waals surface area contributed by atoms with Gasteiger partial charge in [0.25, 0.3) is 5.91 Å². The standard InChI is InChI=1S/C10H15N5O4/c16-2-1-7(10(18)19)12-9(17)8-5-15(14-13-8)6-3-11-4-6/h5-7,11,16H,1-4H2,(H,12,17)(H,18,19)/t7-/m1/s1. The van der Waals surface area contributed by atoms with Gasteiger partial charge < -0.3 is 20.8 Å². The molecule has 2 heterocycles. The summed E-state index contributed by atoms with van der Waals surface area (Å²) in [6.07, 6.45) is 1.43. The minimum absolute atomic E-state index is 0.0538. The maximum Gasteiger partial charge on any atom is 0.326 e. The lowest BCUT2D eigenvalue weighted by Crippen LogP contribution is -2.43. The highest BCUT2D eigenvalue weighted by Gasteiger charge is 2.24. The lowest BCUT2D eigenvalue weighted by molar-refractivity contribution is -0.139. The Labute approximate surface area is 108 Å². The summed E-state index contributed by atoms with van der Waals surface area (Å²) in [4.78, 5) is 22.6. The van der Waals surface area contributed by atoms with Gasteiger partial charge in [-0.25, -0.2) is 9.48 Å². The van der Waals surface area contributed by atoms with Gasteiger partial charge in [0.2, 0.25) is 0 Å². The molecule has 1 aliphatic heterocycles. The summed E-state index contributed by atoms with van der Waals surface area (Å²) < 4.78 is 1.58. The zero-order chi connectivity index (χ0) is 13.8. The number of aliphatic carboxylic acids is 1. The van der Waals surface area contributed by atoms with Gasteiger partial charge in [-0.15, -0.1) is 5.10 Å². The van der Waals surface area contributed by atoms with Crippen molar-refractivity contribution in [3.8, 4) is 0 Å². The van der Waals surface area contributed by atoms with Crippen molar-refractivity contribution >= 4 is 11.9 Å². The Balaban J connectivity index is 1.98. The molecular formula is C10H15N5O4. The third-order valence-corrected chi connectivity index (χ3v) is 2.90. The highest BCUT2D eigenvalue weighted by molar-refractivity contribution is 5.94. The predicted molar refractivity (Wildman–Crippen MR) is 62.5 cm³/mol. The van der Waals surface area contributed by atoms with Crippen molar-refractivity contribution in [2.75, 3.05) is 19.7 Å². The number of aromatic nitrogens is 3. The molecule has 9 heteroatoms. The maximum atomic E-state index is 11.8. The van der Waals surface area contributed by atoms with Gasteiger partial charge in [0.15, 0.2) is 5.69 Å². The molecule has 2 rings (SSSR count). The van der Waals surface area contributed by atoms with Crippen LogP contribution >= 0.6 is 0 Å². The van der Waals surface area contributed by atoms with Crippen LogP contribution in [-0.2, 0) is 4.79 Å². The number of amides is 1. The van der Waals surface area contributed by atoms with E-state index in [-0.39, 0.29) is 24.8 Å². The molecule has 0 aromatic carbocycles. The first-order chi connectivity index (χ1) is 9.11. The van der Waals surface area contributed by atoms with E-state index in [1.165, 1.54) is 6.20 Å². The molecule has 9 nitrogen and oxygen atoms in total. The second-order valence-corrected chi connectivity index (χ2v) is 4.27. The zero-order valence-electron chi connectivity index (χ0n) is 10.1. The number of nitrogens with zero attached hydrogens (tertiary/aromatic N) is 3. The number of aliphatic hydroxyl groups is 1. The zero-order valence-corrected chi connectivity index (χ0v) is 10.1. The van der Waals surface area contributed by atoms with Crippen LogP contribution in [0.2, 0.25) is 0 Å². The van der Waals surface area contributed by atoms with Crippen molar-refractivity contribution in [1.29, 1.82) is 0 Å². The highest BCUT2D eigenvalue weighted by Crippen LogP contribution is 2.09. The van der Waals surface area contributed by atoms with E-state index < -0.39 is 17.9 Å². The molecule has 104 valence electrons. The number of aliphatic hydroxyl groups excluding tert-OH is 1. The SMILES string of the molecule is O=C(N[C@H](CCO)C(=O)O)c1cn(C2CNC2)nn1. The van der Waals surface area contributed by atoms with Gasteiger partial charge in [-0.3, -0.25) is 4.79 Å². The lowest BCUT2D eigenvalue weighted by Gasteiger charge is -2.26. The van der Waals surface area contributed by atoms with Gasteiger partial charge in [0.1, 0.15) is 6.04 Å². The van der Waals surface area contributed by atoms with E-state index in [1.54, 1.807) is 4.68 Å². The van der Waals surface area contributed by atoms with Crippen LogP contribution in [0.25, 0.3) is 0 Å². The number of hydrogen-bond acceptors (Lipinski definition) is 6. The van der Waals surface area contributed by atoms with E-state index in [9.17, 15) is 9.59 Å². The number of carboxylic acids is 1. The molecule has 1 atom stereocenters. The van der Waals surface area contributed by atoms with Crippen molar-refractivity contribution in [2.24, 2.45) is 0 Å². The Hall–Kier alpha value is -2.00. The van der Waals surface area contributed by atoms with Crippen molar-refractivity contribution < 1.29 is 19.8 Å². The topological polar surface area (TPSA) is 129 Å². The largest absolute Gasteiger partial charge is 0.480 e. The summed E-state index contributed by atoms with van der Waals surface area (Å²) in [6, 6.07) is -0.949.